The predicted octanol–water partition coefficient (Wildman–Crippen LogP) is -1.02. The van der Waals surface area contributed by atoms with Crippen molar-refractivity contribution in [2.24, 2.45) is 0 Å². The number of hydrogen-bond acceptors (Lipinski definition) is 15. The Labute approximate surface area is 172 Å². The lowest BCUT2D eigenvalue weighted by atomic mass is 10.1. The van der Waals surface area contributed by atoms with Crippen LogP contribution in [0, 0.1) is 0 Å². The third-order valence-electron chi connectivity index (χ3n) is 3.95. The summed E-state index contributed by atoms with van der Waals surface area (Å²) in [5, 5.41) is 0. The smallest absolute Gasteiger partial charge is 0.458 e. The zero-order chi connectivity index (χ0) is 22.6. The molecule has 3 aliphatic rings. The molecule has 3 rings (SSSR count). The second kappa shape index (κ2) is 8.93. The van der Waals surface area contributed by atoms with Crippen LogP contribution in [0.15, 0.2) is 0 Å². The van der Waals surface area contributed by atoms with Crippen molar-refractivity contribution in [3.63, 3.8) is 0 Å². The summed E-state index contributed by atoms with van der Waals surface area (Å²) in [6.07, 6.45) is -7.22. The predicted molar refractivity (Wildman–Crippen MR) is 85.1 cm³/mol. The lowest BCUT2D eigenvalue weighted by Gasteiger charge is -2.29. The average molecular weight is 448 g/mol. The monoisotopic (exact) mass is 448 g/mol. The summed E-state index contributed by atoms with van der Waals surface area (Å²) in [6.45, 7) is -1.20. The van der Waals surface area contributed by atoms with E-state index in [1.807, 2.05) is 0 Å². The third-order valence-corrected chi connectivity index (χ3v) is 3.95. The fraction of sp³-hybridized carbons (Fsp3) is 0.625. The minimum Gasteiger partial charge on any atom is -0.458 e. The Bertz CT molecular complexity index is 746. The molecule has 0 aromatic heterocycles. The van der Waals surface area contributed by atoms with Crippen LogP contribution in [0.3, 0.4) is 0 Å². The molecule has 170 valence electrons. The van der Waals surface area contributed by atoms with Crippen molar-refractivity contribution in [2.45, 2.75) is 30.8 Å². The van der Waals surface area contributed by atoms with Gasteiger partial charge in [0.2, 0.25) is 18.3 Å². The Hall–Kier alpha value is -3.78. The van der Waals surface area contributed by atoms with Gasteiger partial charge in [0.15, 0.2) is 5.60 Å². The van der Waals surface area contributed by atoms with Gasteiger partial charge in [-0.2, -0.15) is 0 Å². The molecule has 31 heavy (non-hydrogen) atoms. The Morgan fingerprint density at radius 2 is 1.10 bits per heavy atom. The van der Waals surface area contributed by atoms with E-state index < -0.39 is 80.1 Å². The van der Waals surface area contributed by atoms with Gasteiger partial charge in [0.25, 0.3) is 0 Å². The van der Waals surface area contributed by atoms with E-state index in [0.717, 1.165) is 0 Å². The first kappa shape index (κ1) is 21.9. The van der Waals surface area contributed by atoms with Gasteiger partial charge in [0, 0.05) is 0 Å². The van der Waals surface area contributed by atoms with E-state index in [1.165, 1.54) is 6.92 Å². The third kappa shape index (κ3) is 5.64. The molecule has 15 nitrogen and oxygen atoms in total. The highest BCUT2D eigenvalue weighted by atomic mass is 16.8. The van der Waals surface area contributed by atoms with Crippen LogP contribution < -0.4 is 0 Å². The number of hydrogen-bond donors (Lipinski definition) is 0. The topological polar surface area (TPSA) is 185 Å². The lowest BCUT2D eigenvalue weighted by molar-refractivity contribution is -0.190. The SMILES string of the molecule is CC(COC(=O)C1COC(=O)O1)(COC(=O)C1COC(=O)O1)OC(=O)C1COC(=O)O1. The summed E-state index contributed by atoms with van der Waals surface area (Å²) in [4.78, 5) is 69.1. The van der Waals surface area contributed by atoms with Gasteiger partial charge in [-0.1, -0.05) is 0 Å². The Kier molecular flexibility index (Phi) is 6.31. The largest absolute Gasteiger partial charge is 0.509 e. The highest BCUT2D eigenvalue weighted by Gasteiger charge is 2.42. The minimum absolute atomic E-state index is 0.369. The molecule has 3 aliphatic heterocycles. The molecule has 0 bridgehead atoms. The maximum atomic E-state index is 12.3. The molecule has 0 radical (unpaired) electrons. The first-order valence-electron chi connectivity index (χ1n) is 8.71. The summed E-state index contributed by atoms with van der Waals surface area (Å²) < 4.78 is 42.4. The number of esters is 3. The molecule has 15 heteroatoms. The molecular weight excluding hydrogens is 432 g/mol. The van der Waals surface area contributed by atoms with Gasteiger partial charge in [-0.05, 0) is 6.92 Å². The molecule has 0 aromatic carbocycles. The van der Waals surface area contributed by atoms with Crippen molar-refractivity contribution < 1.29 is 71.4 Å². The van der Waals surface area contributed by atoms with Crippen molar-refractivity contribution in [2.75, 3.05) is 33.0 Å². The number of rotatable bonds is 8. The fourth-order valence-electron chi connectivity index (χ4n) is 2.37. The molecule has 0 aliphatic carbocycles. The van der Waals surface area contributed by atoms with Crippen LogP contribution >= 0.6 is 0 Å². The summed E-state index contributed by atoms with van der Waals surface area (Å²) in [6, 6.07) is 0. The molecular formula is C16H16O15. The minimum atomic E-state index is -1.77. The van der Waals surface area contributed by atoms with Crippen LogP contribution in [0.25, 0.3) is 0 Å². The van der Waals surface area contributed by atoms with E-state index in [9.17, 15) is 28.8 Å². The van der Waals surface area contributed by atoms with Crippen molar-refractivity contribution in [3.8, 4) is 0 Å². The van der Waals surface area contributed by atoms with E-state index >= 15 is 0 Å². The molecule has 3 heterocycles. The number of ether oxygens (including phenoxy) is 9. The van der Waals surface area contributed by atoms with Crippen LogP contribution in [0.5, 0.6) is 0 Å². The average Bonchev–Trinajstić information content (AvgIpc) is 3.46. The fourth-order valence-corrected chi connectivity index (χ4v) is 2.37. The van der Waals surface area contributed by atoms with Gasteiger partial charge in [-0.25, -0.2) is 28.8 Å². The second-order valence-electron chi connectivity index (χ2n) is 6.59. The highest BCUT2D eigenvalue weighted by Crippen LogP contribution is 2.19. The van der Waals surface area contributed by atoms with Crippen molar-refractivity contribution in [1.82, 2.24) is 0 Å². The summed E-state index contributed by atoms with van der Waals surface area (Å²) in [5.41, 5.74) is -1.77. The van der Waals surface area contributed by atoms with Gasteiger partial charge in [0.05, 0.1) is 0 Å². The van der Waals surface area contributed by atoms with E-state index in [2.05, 4.69) is 28.4 Å². The van der Waals surface area contributed by atoms with Crippen LogP contribution in [0.4, 0.5) is 14.4 Å². The van der Waals surface area contributed by atoms with Crippen molar-refractivity contribution in [1.29, 1.82) is 0 Å². The number of carbonyl (C=O) groups is 6. The zero-order valence-corrected chi connectivity index (χ0v) is 15.9. The van der Waals surface area contributed by atoms with E-state index in [4.69, 9.17) is 14.2 Å². The standard InChI is InChI=1S/C16H16O15/c1-16(31-12(19)9-4-25-15(22)30-9,5-26-10(17)7-2-23-13(20)28-7)6-27-11(18)8-3-24-14(21)29-8/h7-9H,2-6H2,1H3. The maximum Gasteiger partial charge on any atom is 0.509 e. The number of cyclic esters (lactones) is 6. The van der Waals surface area contributed by atoms with Gasteiger partial charge >= 0.3 is 36.4 Å². The Morgan fingerprint density at radius 1 is 0.742 bits per heavy atom. The normalized spacial score (nSPS) is 26.2. The molecule has 3 unspecified atom stereocenters. The lowest BCUT2D eigenvalue weighted by Crippen LogP contribution is -2.47. The van der Waals surface area contributed by atoms with Gasteiger partial charge in [-0.15, -0.1) is 0 Å². The van der Waals surface area contributed by atoms with Crippen molar-refractivity contribution in [3.05, 3.63) is 0 Å². The maximum absolute atomic E-state index is 12.3. The van der Waals surface area contributed by atoms with E-state index in [1.54, 1.807) is 0 Å². The van der Waals surface area contributed by atoms with Gasteiger partial charge in [-0.3, -0.25) is 0 Å². The number of carbonyl (C=O) groups excluding carboxylic acids is 6. The molecule has 0 saturated carbocycles. The second-order valence-corrected chi connectivity index (χ2v) is 6.59. The van der Waals surface area contributed by atoms with Crippen LogP contribution in [0.1, 0.15) is 6.92 Å². The van der Waals surface area contributed by atoms with Crippen LogP contribution in [-0.4, -0.2) is 93.3 Å². The molecule has 0 spiro atoms. The van der Waals surface area contributed by atoms with E-state index in [-0.39, 0.29) is 13.2 Å². The molecule has 3 fully saturated rings. The summed E-state index contributed by atoms with van der Waals surface area (Å²) in [7, 11) is 0. The summed E-state index contributed by atoms with van der Waals surface area (Å²) >= 11 is 0. The first-order valence-corrected chi connectivity index (χ1v) is 8.71. The van der Waals surface area contributed by atoms with Crippen molar-refractivity contribution >= 4 is 36.4 Å². The Balaban J connectivity index is 1.60. The summed E-state index contributed by atoms with van der Waals surface area (Å²) in [5.74, 6) is -3.08. The highest BCUT2D eigenvalue weighted by molar-refractivity contribution is 5.81. The molecule has 0 amide bonds. The van der Waals surface area contributed by atoms with Crippen LogP contribution in [-0.2, 0) is 57.0 Å². The van der Waals surface area contributed by atoms with Gasteiger partial charge in [0.1, 0.15) is 33.0 Å². The zero-order valence-electron chi connectivity index (χ0n) is 15.9. The quantitative estimate of drug-likeness (QED) is 0.324. The molecule has 3 saturated heterocycles. The molecule has 0 aromatic rings. The first-order chi connectivity index (χ1) is 14.6. The van der Waals surface area contributed by atoms with Gasteiger partial charge < -0.3 is 42.6 Å². The molecule has 0 N–H and O–H groups in total. The molecule has 3 atom stereocenters. The van der Waals surface area contributed by atoms with Crippen LogP contribution in [0.2, 0.25) is 0 Å². The Morgan fingerprint density at radius 3 is 1.42 bits per heavy atom. The van der Waals surface area contributed by atoms with E-state index in [0.29, 0.717) is 0 Å².